The minimum atomic E-state index is -1.03. The molecule has 6 nitrogen and oxygen atoms in total. The van der Waals surface area contributed by atoms with Crippen LogP contribution in [0.2, 0.25) is 0 Å². The third kappa shape index (κ3) is 3.52. The van der Waals surface area contributed by atoms with E-state index in [1.165, 1.54) is 18.4 Å². The Bertz CT molecular complexity index is 1260. The van der Waals surface area contributed by atoms with Crippen LogP contribution in [0.3, 0.4) is 0 Å². The molecule has 0 bridgehead atoms. The van der Waals surface area contributed by atoms with Gasteiger partial charge in [-0.1, -0.05) is 12.1 Å². The number of aryl methyl sites for hydroxylation is 2. The SMILES string of the molecule is Cc1cc2oc(-c3ccco3)c(OCc3cccc(C(=O)O)c3)c(=O)c2cc1C. The molecule has 1 N–H and O–H groups in total. The first-order valence-corrected chi connectivity index (χ1v) is 9.01. The summed E-state index contributed by atoms with van der Waals surface area (Å²) in [5.74, 6) is -0.433. The van der Waals surface area contributed by atoms with Gasteiger partial charge in [-0.25, -0.2) is 4.79 Å². The molecule has 0 radical (unpaired) electrons. The molecule has 0 saturated carbocycles. The Labute approximate surface area is 166 Å². The van der Waals surface area contributed by atoms with E-state index in [2.05, 4.69) is 0 Å². The van der Waals surface area contributed by atoms with E-state index < -0.39 is 5.97 Å². The summed E-state index contributed by atoms with van der Waals surface area (Å²) in [6.07, 6.45) is 1.49. The van der Waals surface area contributed by atoms with Gasteiger partial charge in [-0.15, -0.1) is 0 Å². The van der Waals surface area contributed by atoms with Crippen LogP contribution in [0.4, 0.5) is 0 Å². The summed E-state index contributed by atoms with van der Waals surface area (Å²) >= 11 is 0. The standard InChI is InChI=1S/C23H18O6/c1-13-9-17-19(10-14(13)2)29-21(18-7-4-8-27-18)22(20(17)24)28-12-15-5-3-6-16(11-15)23(25)26/h3-11H,12H2,1-2H3,(H,25,26). The zero-order valence-corrected chi connectivity index (χ0v) is 15.9. The van der Waals surface area contributed by atoms with E-state index in [4.69, 9.17) is 18.7 Å². The molecule has 4 rings (SSSR count). The number of hydrogen-bond acceptors (Lipinski definition) is 5. The number of carbonyl (C=O) groups is 1. The van der Waals surface area contributed by atoms with Crippen LogP contribution in [0.1, 0.15) is 27.0 Å². The Kier molecular flexibility index (Phi) is 4.68. The summed E-state index contributed by atoms with van der Waals surface area (Å²) in [5, 5.41) is 9.57. The second-order valence-corrected chi connectivity index (χ2v) is 6.79. The van der Waals surface area contributed by atoms with Crippen molar-refractivity contribution in [2.45, 2.75) is 20.5 Å². The zero-order valence-electron chi connectivity index (χ0n) is 15.9. The summed E-state index contributed by atoms with van der Waals surface area (Å²) in [7, 11) is 0. The molecule has 0 fully saturated rings. The van der Waals surface area contributed by atoms with Crippen molar-refractivity contribution in [3.63, 3.8) is 0 Å². The fourth-order valence-electron chi connectivity index (χ4n) is 3.08. The molecule has 0 spiro atoms. The average Bonchev–Trinajstić information content (AvgIpc) is 3.23. The third-order valence-corrected chi connectivity index (χ3v) is 4.77. The number of carboxylic acid groups (broad SMARTS) is 1. The molecule has 29 heavy (non-hydrogen) atoms. The number of benzene rings is 2. The van der Waals surface area contributed by atoms with E-state index in [-0.39, 0.29) is 29.1 Å². The Hall–Kier alpha value is -3.80. The quantitative estimate of drug-likeness (QED) is 0.519. The van der Waals surface area contributed by atoms with Gasteiger partial charge < -0.3 is 18.7 Å². The summed E-state index contributed by atoms with van der Waals surface area (Å²) in [6.45, 7) is 3.88. The van der Waals surface area contributed by atoms with Gasteiger partial charge in [0.05, 0.1) is 17.2 Å². The molecule has 0 aliphatic carbocycles. The predicted octanol–water partition coefficient (Wildman–Crippen LogP) is 4.95. The van der Waals surface area contributed by atoms with Crippen molar-refractivity contribution in [1.29, 1.82) is 0 Å². The Morgan fingerprint density at radius 2 is 1.86 bits per heavy atom. The van der Waals surface area contributed by atoms with Crippen molar-refractivity contribution in [1.82, 2.24) is 0 Å². The molecule has 2 aromatic carbocycles. The topological polar surface area (TPSA) is 89.9 Å². The van der Waals surface area contributed by atoms with Crippen LogP contribution in [0.5, 0.6) is 5.75 Å². The highest BCUT2D eigenvalue weighted by Gasteiger charge is 2.20. The van der Waals surface area contributed by atoms with Crippen molar-refractivity contribution >= 4 is 16.9 Å². The molecule has 6 heteroatoms. The van der Waals surface area contributed by atoms with Crippen LogP contribution in [0, 0.1) is 13.8 Å². The lowest BCUT2D eigenvalue weighted by Gasteiger charge is -2.12. The third-order valence-electron chi connectivity index (χ3n) is 4.77. The minimum absolute atomic E-state index is 0.00986. The first-order valence-electron chi connectivity index (χ1n) is 9.01. The van der Waals surface area contributed by atoms with Crippen LogP contribution >= 0.6 is 0 Å². The van der Waals surface area contributed by atoms with Crippen LogP contribution in [0.15, 0.2) is 68.4 Å². The molecule has 0 amide bonds. The van der Waals surface area contributed by atoms with Gasteiger partial charge in [0, 0.05) is 0 Å². The number of fused-ring (bicyclic) bond motifs is 1. The molecule has 4 aromatic rings. The Morgan fingerprint density at radius 3 is 2.59 bits per heavy atom. The van der Waals surface area contributed by atoms with E-state index >= 15 is 0 Å². The van der Waals surface area contributed by atoms with Crippen LogP contribution in [-0.2, 0) is 6.61 Å². The molecule has 0 aliphatic heterocycles. The maximum absolute atomic E-state index is 13.2. The fraction of sp³-hybridized carbons (Fsp3) is 0.130. The summed E-state index contributed by atoms with van der Waals surface area (Å²) in [6, 6.07) is 13.3. The minimum Gasteiger partial charge on any atom is -0.481 e. The molecule has 0 aliphatic rings. The maximum Gasteiger partial charge on any atom is 0.335 e. The summed E-state index contributed by atoms with van der Waals surface area (Å²) in [5.41, 5.74) is 2.88. The van der Waals surface area contributed by atoms with E-state index in [9.17, 15) is 9.59 Å². The van der Waals surface area contributed by atoms with Gasteiger partial charge >= 0.3 is 5.97 Å². The normalized spacial score (nSPS) is 11.0. The van der Waals surface area contributed by atoms with Gasteiger partial charge in [0.15, 0.2) is 5.76 Å². The second-order valence-electron chi connectivity index (χ2n) is 6.79. The highest BCUT2D eigenvalue weighted by atomic mass is 16.5. The lowest BCUT2D eigenvalue weighted by atomic mass is 10.1. The molecule has 2 heterocycles. The maximum atomic E-state index is 13.2. The molecule has 0 saturated heterocycles. The van der Waals surface area contributed by atoms with E-state index in [1.54, 1.807) is 30.3 Å². The lowest BCUT2D eigenvalue weighted by molar-refractivity contribution is 0.0696. The van der Waals surface area contributed by atoms with Gasteiger partial charge in [-0.2, -0.15) is 0 Å². The number of furan rings is 1. The van der Waals surface area contributed by atoms with Crippen LogP contribution < -0.4 is 10.2 Å². The first-order chi connectivity index (χ1) is 13.9. The molecule has 0 atom stereocenters. The van der Waals surface area contributed by atoms with Gasteiger partial charge in [-0.05, 0) is 66.9 Å². The van der Waals surface area contributed by atoms with Crippen molar-refractivity contribution in [2.24, 2.45) is 0 Å². The molecule has 0 unspecified atom stereocenters. The monoisotopic (exact) mass is 390 g/mol. The van der Waals surface area contributed by atoms with Gasteiger partial charge in [0.1, 0.15) is 12.2 Å². The highest BCUT2D eigenvalue weighted by Crippen LogP contribution is 2.32. The smallest absolute Gasteiger partial charge is 0.335 e. The Morgan fingerprint density at radius 1 is 1.07 bits per heavy atom. The van der Waals surface area contributed by atoms with Gasteiger partial charge in [0.25, 0.3) is 0 Å². The van der Waals surface area contributed by atoms with Crippen LogP contribution in [-0.4, -0.2) is 11.1 Å². The van der Waals surface area contributed by atoms with E-state index in [0.29, 0.717) is 22.3 Å². The first kappa shape index (κ1) is 18.6. The number of carboxylic acids is 1. The summed E-state index contributed by atoms with van der Waals surface area (Å²) < 4.78 is 17.3. The van der Waals surface area contributed by atoms with Gasteiger partial charge in [-0.3, -0.25) is 4.79 Å². The molecule has 146 valence electrons. The number of hydrogen-bond donors (Lipinski definition) is 1. The number of rotatable bonds is 5. The number of aromatic carboxylic acids is 1. The molecular formula is C23H18O6. The zero-order chi connectivity index (χ0) is 20.5. The van der Waals surface area contributed by atoms with E-state index in [1.807, 2.05) is 19.9 Å². The van der Waals surface area contributed by atoms with Crippen molar-refractivity contribution in [3.05, 3.63) is 87.3 Å². The largest absolute Gasteiger partial charge is 0.481 e. The highest BCUT2D eigenvalue weighted by molar-refractivity contribution is 5.87. The molecular weight excluding hydrogens is 372 g/mol. The predicted molar refractivity (Wildman–Crippen MR) is 107 cm³/mol. The summed E-state index contributed by atoms with van der Waals surface area (Å²) in [4.78, 5) is 24.4. The van der Waals surface area contributed by atoms with Crippen molar-refractivity contribution in [2.75, 3.05) is 0 Å². The second kappa shape index (κ2) is 7.31. The fourth-order valence-corrected chi connectivity index (χ4v) is 3.08. The average molecular weight is 390 g/mol. The number of ether oxygens (including phenoxy) is 1. The Balaban J connectivity index is 1.82. The van der Waals surface area contributed by atoms with Gasteiger partial charge in [0.2, 0.25) is 16.9 Å². The molecule has 2 aromatic heterocycles. The lowest BCUT2D eigenvalue weighted by Crippen LogP contribution is -2.11. The van der Waals surface area contributed by atoms with Crippen LogP contribution in [0.25, 0.3) is 22.5 Å². The van der Waals surface area contributed by atoms with E-state index in [0.717, 1.165) is 11.1 Å². The van der Waals surface area contributed by atoms with Crippen molar-refractivity contribution < 1.29 is 23.5 Å². The van der Waals surface area contributed by atoms with Crippen molar-refractivity contribution in [3.8, 4) is 17.3 Å².